The smallest absolute Gasteiger partial charge is 0.193 e. The SMILES string of the molecule is Cc1ccc(C(CNC2=NCCN2C)N2CCOCC2)o1. The van der Waals surface area contributed by atoms with Gasteiger partial charge in [0.1, 0.15) is 11.5 Å². The van der Waals surface area contributed by atoms with Crippen molar-refractivity contribution in [3.8, 4) is 0 Å². The van der Waals surface area contributed by atoms with Gasteiger partial charge in [0.15, 0.2) is 5.96 Å². The molecule has 0 radical (unpaired) electrons. The Morgan fingerprint density at radius 1 is 1.29 bits per heavy atom. The molecule has 6 nitrogen and oxygen atoms in total. The van der Waals surface area contributed by atoms with Crippen LogP contribution < -0.4 is 5.32 Å². The molecule has 1 unspecified atom stereocenters. The van der Waals surface area contributed by atoms with E-state index in [1.165, 1.54) is 0 Å². The highest BCUT2D eigenvalue weighted by molar-refractivity contribution is 5.81. The number of guanidine groups is 1. The van der Waals surface area contributed by atoms with E-state index in [0.29, 0.717) is 0 Å². The molecule has 116 valence electrons. The fraction of sp³-hybridized carbons (Fsp3) is 0.667. The minimum atomic E-state index is 0.222. The molecule has 3 rings (SSSR count). The monoisotopic (exact) mass is 292 g/mol. The average molecular weight is 292 g/mol. The summed E-state index contributed by atoms with van der Waals surface area (Å²) >= 11 is 0. The summed E-state index contributed by atoms with van der Waals surface area (Å²) in [4.78, 5) is 9.07. The molecule has 0 bridgehead atoms. The van der Waals surface area contributed by atoms with Gasteiger partial charge in [-0.15, -0.1) is 0 Å². The second-order valence-electron chi connectivity index (χ2n) is 5.62. The first-order valence-electron chi connectivity index (χ1n) is 7.61. The summed E-state index contributed by atoms with van der Waals surface area (Å²) in [6, 6.07) is 4.33. The van der Waals surface area contributed by atoms with Gasteiger partial charge in [-0.1, -0.05) is 0 Å². The number of nitrogens with one attached hydrogen (secondary N) is 1. The fourth-order valence-corrected chi connectivity index (χ4v) is 2.84. The second-order valence-corrected chi connectivity index (χ2v) is 5.62. The number of morpholine rings is 1. The number of rotatable bonds is 4. The number of ether oxygens (including phenoxy) is 1. The molecule has 0 aromatic carbocycles. The number of furan rings is 1. The summed E-state index contributed by atoms with van der Waals surface area (Å²) in [6.45, 7) is 8.11. The van der Waals surface area contributed by atoms with E-state index < -0.39 is 0 Å². The zero-order valence-corrected chi connectivity index (χ0v) is 12.8. The summed E-state index contributed by atoms with van der Waals surface area (Å²) in [5.74, 6) is 2.96. The topological polar surface area (TPSA) is 53.2 Å². The average Bonchev–Trinajstić information content (AvgIpc) is 3.10. The summed E-state index contributed by atoms with van der Waals surface area (Å²) in [7, 11) is 2.07. The van der Waals surface area contributed by atoms with E-state index in [4.69, 9.17) is 9.15 Å². The van der Waals surface area contributed by atoms with Crippen LogP contribution in [0.1, 0.15) is 17.6 Å². The van der Waals surface area contributed by atoms with Crippen LogP contribution in [0.5, 0.6) is 0 Å². The molecule has 3 heterocycles. The van der Waals surface area contributed by atoms with Crippen molar-refractivity contribution in [2.75, 3.05) is 53.0 Å². The maximum absolute atomic E-state index is 5.86. The molecule has 0 saturated carbocycles. The van der Waals surface area contributed by atoms with Crippen LogP contribution in [-0.4, -0.2) is 68.7 Å². The molecule has 2 aliphatic heterocycles. The molecule has 0 aliphatic carbocycles. The summed E-state index contributed by atoms with van der Waals surface area (Å²) in [5.41, 5.74) is 0. The van der Waals surface area contributed by atoms with Gasteiger partial charge >= 0.3 is 0 Å². The Morgan fingerprint density at radius 3 is 2.71 bits per heavy atom. The van der Waals surface area contributed by atoms with E-state index in [1.54, 1.807) is 0 Å². The van der Waals surface area contributed by atoms with Crippen molar-refractivity contribution in [3.63, 3.8) is 0 Å². The minimum Gasteiger partial charge on any atom is -0.465 e. The van der Waals surface area contributed by atoms with Gasteiger partial charge < -0.3 is 19.4 Å². The Hall–Kier alpha value is -1.53. The van der Waals surface area contributed by atoms with E-state index in [2.05, 4.69) is 33.2 Å². The number of nitrogens with zero attached hydrogens (tertiary/aromatic N) is 3. The maximum Gasteiger partial charge on any atom is 0.193 e. The zero-order chi connectivity index (χ0) is 14.7. The molecule has 21 heavy (non-hydrogen) atoms. The van der Waals surface area contributed by atoms with E-state index in [-0.39, 0.29) is 6.04 Å². The molecule has 1 aromatic heterocycles. The Kier molecular flexibility index (Phi) is 4.45. The molecule has 2 aliphatic rings. The van der Waals surface area contributed by atoms with Crippen molar-refractivity contribution in [3.05, 3.63) is 23.7 Å². The quantitative estimate of drug-likeness (QED) is 0.892. The second kappa shape index (κ2) is 6.49. The molecular formula is C15H24N4O2. The number of hydrogen-bond acceptors (Lipinski definition) is 6. The highest BCUT2D eigenvalue weighted by Gasteiger charge is 2.26. The summed E-state index contributed by atoms with van der Waals surface area (Å²) in [5, 5.41) is 3.47. The standard InChI is InChI=1S/C15H24N4O2/c1-12-3-4-14(21-12)13(19-7-9-20-10-8-19)11-17-15-16-5-6-18(15)2/h3-4,13H,5-11H2,1-2H3,(H,16,17). The highest BCUT2D eigenvalue weighted by atomic mass is 16.5. The molecular weight excluding hydrogens is 268 g/mol. The number of aryl methyl sites for hydroxylation is 1. The van der Waals surface area contributed by atoms with Crippen molar-refractivity contribution in [2.45, 2.75) is 13.0 Å². The predicted molar refractivity (Wildman–Crippen MR) is 81.5 cm³/mol. The lowest BCUT2D eigenvalue weighted by atomic mass is 10.1. The van der Waals surface area contributed by atoms with Crippen LogP contribution in [-0.2, 0) is 4.74 Å². The van der Waals surface area contributed by atoms with Crippen molar-refractivity contribution >= 4 is 5.96 Å². The van der Waals surface area contributed by atoms with E-state index in [9.17, 15) is 0 Å². The first-order chi connectivity index (χ1) is 10.2. The van der Waals surface area contributed by atoms with E-state index in [1.807, 2.05) is 13.0 Å². The number of hydrogen-bond donors (Lipinski definition) is 1. The van der Waals surface area contributed by atoms with Crippen LogP contribution in [0.3, 0.4) is 0 Å². The van der Waals surface area contributed by atoms with Gasteiger partial charge in [-0.05, 0) is 19.1 Å². The molecule has 1 aromatic rings. The number of aliphatic imine (C=N–C) groups is 1. The third-order valence-electron chi connectivity index (χ3n) is 4.09. The predicted octanol–water partition coefficient (Wildman–Crippen LogP) is 0.852. The van der Waals surface area contributed by atoms with Crippen LogP contribution >= 0.6 is 0 Å². The Bertz CT molecular complexity index is 494. The van der Waals surface area contributed by atoms with Crippen molar-refractivity contribution in [1.82, 2.24) is 15.1 Å². The van der Waals surface area contributed by atoms with Gasteiger partial charge in [-0.2, -0.15) is 0 Å². The first kappa shape index (κ1) is 14.4. The van der Waals surface area contributed by atoms with Gasteiger partial charge in [0.05, 0.1) is 25.8 Å². The zero-order valence-electron chi connectivity index (χ0n) is 12.8. The Morgan fingerprint density at radius 2 is 2.10 bits per heavy atom. The van der Waals surface area contributed by atoms with Crippen molar-refractivity contribution < 1.29 is 9.15 Å². The minimum absolute atomic E-state index is 0.222. The molecule has 1 N–H and O–H groups in total. The summed E-state index contributed by atoms with van der Waals surface area (Å²) < 4.78 is 11.3. The van der Waals surface area contributed by atoms with Crippen molar-refractivity contribution in [2.24, 2.45) is 4.99 Å². The van der Waals surface area contributed by atoms with Gasteiger partial charge in [0, 0.05) is 33.2 Å². The lowest BCUT2D eigenvalue weighted by molar-refractivity contribution is 0.0124. The third kappa shape index (κ3) is 3.39. The molecule has 6 heteroatoms. The van der Waals surface area contributed by atoms with Gasteiger partial charge in [-0.25, -0.2) is 0 Å². The lowest BCUT2D eigenvalue weighted by Crippen LogP contribution is -2.45. The van der Waals surface area contributed by atoms with Crippen molar-refractivity contribution in [1.29, 1.82) is 0 Å². The molecule has 0 spiro atoms. The fourth-order valence-electron chi connectivity index (χ4n) is 2.84. The van der Waals surface area contributed by atoms with E-state index >= 15 is 0 Å². The maximum atomic E-state index is 5.86. The molecule has 1 fully saturated rings. The van der Waals surface area contributed by atoms with Crippen LogP contribution in [0, 0.1) is 6.92 Å². The van der Waals surface area contributed by atoms with Crippen LogP contribution in [0.4, 0.5) is 0 Å². The third-order valence-corrected chi connectivity index (χ3v) is 4.09. The Labute approximate surface area is 125 Å². The number of likely N-dealkylation sites (N-methyl/N-ethyl adjacent to an activating group) is 1. The van der Waals surface area contributed by atoms with Gasteiger partial charge in [0.25, 0.3) is 0 Å². The summed E-state index contributed by atoms with van der Waals surface area (Å²) in [6.07, 6.45) is 0. The molecule has 1 saturated heterocycles. The largest absolute Gasteiger partial charge is 0.465 e. The first-order valence-corrected chi connectivity index (χ1v) is 7.61. The molecule has 0 amide bonds. The van der Waals surface area contributed by atoms with E-state index in [0.717, 1.165) is 63.4 Å². The van der Waals surface area contributed by atoms with Gasteiger partial charge in [-0.3, -0.25) is 9.89 Å². The normalized spacial score (nSPS) is 21.4. The van der Waals surface area contributed by atoms with Crippen LogP contribution in [0.2, 0.25) is 0 Å². The molecule has 1 atom stereocenters. The Balaban J connectivity index is 1.69. The van der Waals surface area contributed by atoms with Gasteiger partial charge in [0.2, 0.25) is 0 Å². The lowest BCUT2D eigenvalue weighted by Gasteiger charge is -2.33. The van der Waals surface area contributed by atoms with Crippen LogP contribution in [0.15, 0.2) is 21.5 Å². The highest BCUT2D eigenvalue weighted by Crippen LogP contribution is 2.23. The van der Waals surface area contributed by atoms with Crippen LogP contribution in [0.25, 0.3) is 0 Å².